The Morgan fingerprint density at radius 2 is 1.11 bits per heavy atom. The first-order chi connectivity index (χ1) is 18.8. The minimum Gasteiger partial charge on any atom is -0.338 e. The van der Waals surface area contributed by atoms with E-state index in [-0.39, 0.29) is 0 Å². The van der Waals surface area contributed by atoms with Crippen LogP contribution in [-0.2, 0) is 0 Å². The third kappa shape index (κ3) is 3.40. The fourth-order valence-electron chi connectivity index (χ4n) is 5.10. The summed E-state index contributed by atoms with van der Waals surface area (Å²) < 4.78 is 0. The number of nitrogens with zero attached hydrogens (tertiary/aromatic N) is 4. The van der Waals surface area contributed by atoms with E-state index in [1.807, 2.05) is 12.1 Å². The molecule has 180 valence electrons. The molecule has 1 aliphatic heterocycles. The second kappa shape index (κ2) is 8.33. The first kappa shape index (κ1) is 21.2. The number of para-hydroxylation sites is 2. The van der Waals surface area contributed by atoms with Gasteiger partial charge in [0.2, 0.25) is 0 Å². The fourth-order valence-corrected chi connectivity index (χ4v) is 6.15. The van der Waals surface area contributed by atoms with Crippen molar-refractivity contribution < 1.29 is 0 Å². The van der Waals surface area contributed by atoms with Crippen LogP contribution in [0.3, 0.4) is 0 Å². The molecule has 6 heterocycles. The van der Waals surface area contributed by atoms with E-state index in [1.165, 1.54) is 9.79 Å². The molecule has 7 aromatic rings. The summed E-state index contributed by atoms with van der Waals surface area (Å²) in [7, 11) is 0. The van der Waals surface area contributed by atoms with Crippen molar-refractivity contribution in [2.45, 2.75) is 9.79 Å². The van der Waals surface area contributed by atoms with E-state index in [0.717, 1.165) is 61.9 Å². The number of H-pyrrole nitrogens is 2. The molecule has 5 aromatic heterocycles. The maximum atomic E-state index is 5.12. The molecule has 0 radical (unpaired) electrons. The van der Waals surface area contributed by atoms with E-state index in [2.05, 4.69) is 110 Å². The lowest BCUT2D eigenvalue weighted by Gasteiger charge is -2.33. The van der Waals surface area contributed by atoms with Gasteiger partial charge in [-0.15, -0.1) is 0 Å². The van der Waals surface area contributed by atoms with Crippen LogP contribution in [0.5, 0.6) is 0 Å². The van der Waals surface area contributed by atoms with Crippen LogP contribution < -0.4 is 4.90 Å². The van der Waals surface area contributed by atoms with Crippen LogP contribution in [0.4, 0.5) is 17.1 Å². The van der Waals surface area contributed by atoms with Gasteiger partial charge in [0.15, 0.2) is 0 Å². The number of hydrogen-bond donors (Lipinski definition) is 2. The molecule has 0 amide bonds. The second-order valence-electron chi connectivity index (χ2n) is 9.22. The third-order valence-electron chi connectivity index (χ3n) is 6.84. The average molecular weight is 509 g/mol. The number of rotatable bonds is 3. The maximum Gasteiger partial charge on any atom is 0.137 e. The van der Waals surface area contributed by atoms with Gasteiger partial charge in [0.1, 0.15) is 11.3 Å². The SMILES string of the molecule is c1ccc2c(c1)Sc1ccccc1N2c1cc(-c2cc3cccnc3[nH]2)nc(-c2cc3cccnc3[nH]2)c1. The molecule has 8 rings (SSSR count). The van der Waals surface area contributed by atoms with E-state index < -0.39 is 0 Å². The molecule has 1 aliphatic rings. The molecule has 38 heavy (non-hydrogen) atoms. The molecule has 0 unspecified atom stereocenters. The number of benzene rings is 2. The summed E-state index contributed by atoms with van der Waals surface area (Å²) >= 11 is 1.80. The van der Waals surface area contributed by atoms with Gasteiger partial charge in [-0.2, -0.15) is 0 Å². The van der Waals surface area contributed by atoms with Crippen molar-refractivity contribution in [2.75, 3.05) is 4.90 Å². The highest BCUT2D eigenvalue weighted by atomic mass is 32.2. The highest BCUT2D eigenvalue weighted by Crippen LogP contribution is 2.51. The molecule has 0 bridgehead atoms. The molecule has 6 nitrogen and oxygen atoms in total. The number of aromatic amines is 2. The summed E-state index contributed by atoms with van der Waals surface area (Å²) in [5.74, 6) is 0. The molecule has 0 saturated carbocycles. The lowest BCUT2D eigenvalue weighted by Crippen LogP contribution is -2.15. The first-order valence-electron chi connectivity index (χ1n) is 12.4. The maximum absolute atomic E-state index is 5.12. The topological polar surface area (TPSA) is 73.5 Å². The predicted octanol–water partition coefficient (Wildman–Crippen LogP) is 8.10. The zero-order valence-corrected chi connectivity index (χ0v) is 20.9. The van der Waals surface area contributed by atoms with Crippen LogP contribution in [0.2, 0.25) is 0 Å². The Balaban J connectivity index is 1.39. The largest absolute Gasteiger partial charge is 0.338 e. The highest BCUT2D eigenvalue weighted by Gasteiger charge is 2.25. The molecule has 0 fully saturated rings. The third-order valence-corrected chi connectivity index (χ3v) is 7.97. The van der Waals surface area contributed by atoms with Crippen LogP contribution in [-0.4, -0.2) is 24.9 Å². The van der Waals surface area contributed by atoms with Crippen LogP contribution in [0, 0.1) is 0 Å². The predicted molar refractivity (Wildman–Crippen MR) is 153 cm³/mol. The Bertz CT molecular complexity index is 1780. The number of hydrogen-bond acceptors (Lipinski definition) is 5. The smallest absolute Gasteiger partial charge is 0.137 e. The number of aromatic nitrogens is 5. The molecule has 2 aromatic carbocycles. The van der Waals surface area contributed by atoms with Gasteiger partial charge in [-0.3, -0.25) is 0 Å². The average Bonchev–Trinajstić information content (AvgIpc) is 3.60. The van der Waals surface area contributed by atoms with Gasteiger partial charge < -0.3 is 14.9 Å². The normalized spacial score (nSPS) is 12.6. The van der Waals surface area contributed by atoms with Gasteiger partial charge in [0.25, 0.3) is 0 Å². The van der Waals surface area contributed by atoms with E-state index in [4.69, 9.17) is 4.98 Å². The summed E-state index contributed by atoms with van der Waals surface area (Å²) in [6.45, 7) is 0. The number of pyridine rings is 3. The minimum absolute atomic E-state index is 0.843. The molecule has 0 saturated heterocycles. The Morgan fingerprint density at radius 3 is 1.63 bits per heavy atom. The first-order valence-corrected chi connectivity index (χ1v) is 13.2. The summed E-state index contributed by atoms with van der Waals surface area (Å²) in [6.07, 6.45) is 3.60. The van der Waals surface area contributed by atoms with E-state index in [9.17, 15) is 0 Å². The van der Waals surface area contributed by atoms with Crippen molar-refractivity contribution in [1.29, 1.82) is 0 Å². The van der Waals surface area contributed by atoms with Crippen LogP contribution in [0.15, 0.2) is 119 Å². The minimum atomic E-state index is 0.843. The van der Waals surface area contributed by atoms with Crippen molar-refractivity contribution in [1.82, 2.24) is 24.9 Å². The van der Waals surface area contributed by atoms with Crippen LogP contribution in [0.1, 0.15) is 0 Å². The van der Waals surface area contributed by atoms with Crippen molar-refractivity contribution in [3.63, 3.8) is 0 Å². The van der Waals surface area contributed by atoms with Gasteiger partial charge >= 0.3 is 0 Å². The van der Waals surface area contributed by atoms with Gasteiger partial charge in [-0.1, -0.05) is 36.0 Å². The van der Waals surface area contributed by atoms with Gasteiger partial charge in [-0.05, 0) is 72.8 Å². The standard InChI is InChI=1S/C31H20N6S/c1-3-11-28-26(9-1)37(27-10-2-4-12-29(27)38-28)21-17-24(22-15-19-7-5-13-32-30(19)35-22)34-25(18-21)23-16-20-8-6-14-33-31(20)36-23/h1-18H,(H,32,35)(H,33,36). The van der Waals surface area contributed by atoms with Crippen LogP contribution >= 0.6 is 11.8 Å². The van der Waals surface area contributed by atoms with Crippen molar-refractivity contribution in [3.05, 3.63) is 109 Å². The monoisotopic (exact) mass is 508 g/mol. The number of fused-ring (bicyclic) bond motifs is 4. The molecule has 0 aliphatic carbocycles. The Morgan fingerprint density at radius 1 is 0.579 bits per heavy atom. The summed E-state index contributed by atoms with van der Waals surface area (Å²) in [5, 5.41) is 2.10. The Kier molecular flexibility index (Phi) is 4.65. The quantitative estimate of drug-likeness (QED) is 0.252. The van der Waals surface area contributed by atoms with Gasteiger partial charge in [0, 0.05) is 33.0 Å². The fraction of sp³-hybridized carbons (Fsp3) is 0. The van der Waals surface area contributed by atoms with Crippen LogP contribution in [0.25, 0.3) is 44.8 Å². The molecule has 0 atom stereocenters. The lowest BCUT2D eigenvalue weighted by molar-refractivity contribution is 1.15. The molecule has 0 spiro atoms. The van der Waals surface area contributed by atoms with E-state index >= 15 is 0 Å². The summed E-state index contributed by atoms with van der Waals surface area (Å²) in [4.78, 5) is 25.8. The van der Waals surface area contributed by atoms with Gasteiger partial charge in [-0.25, -0.2) is 15.0 Å². The Labute approximate surface area is 222 Å². The molecule has 2 N–H and O–H groups in total. The van der Waals surface area contributed by atoms with Crippen molar-refractivity contribution >= 4 is 50.9 Å². The van der Waals surface area contributed by atoms with E-state index in [1.54, 1.807) is 24.2 Å². The highest BCUT2D eigenvalue weighted by molar-refractivity contribution is 7.99. The zero-order valence-electron chi connectivity index (χ0n) is 20.1. The number of nitrogens with one attached hydrogen (secondary N) is 2. The zero-order chi connectivity index (χ0) is 25.1. The summed E-state index contributed by atoms with van der Waals surface area (Å²) in [5.41, 5.74) is 8.54. The molecule has 7 heteroatoms. The lowest BCUT2D eigenvalue weighted by atomic mass is 10.1. The second-order valence-corrected chi connectivity index (χ2v) is 10.3. The number of anilines is 3. The summed E-state index contributed by atoms with van der Waals surface area (Å²) in [6, 6.07) is 33.6. The molecular weight excluding hydrogens is 488 g/mol. The Hall–Kier alpha value is -4.88. The molecular formula is C31H20N6S. The van der Waals surface area contributed by atoms with Crippen molar-refractivity contribution in [3.8, 4) is 22.8 Å². The van der Waals surface area contributed by atoms with E-state index in [0.29, 0.717) is 0 Å². The van der Waals surface area contributed by atoms with Crippen molar-refractivity contribution in [2.24, 2.45) is 0 Å². The van der Waals surface area contributed by atoms with Gasteiger partial charge in [0.05, 0.1) is 39.8 Å².